The predicted octanol–water partition coefficient (Wildman–Crippen LogP) is 3.59. The van der Waals surface area contributed by atoms with Crippen LogP contribution in [0.3, 0.4) is 0 Å². The van der Waals surface area contributed by atoms with Crippen LogP contribution in [0.15, 0.2) is 42.6 Å². The maximum Gasteiger partial charge on any atom is 0.272 e. The summed E-state index contributed by atoms with van der Waals surface area (Å²) in [6.45, 7) is 3.43. The first kappa shape index (κ1) is 18.2. The normalized spacial score (nSPS) is 28.0. The van der Waals surface area contributed by atoms with Crippen molar-refractivity contribution in [1.29, 1.82) is 0 Å². The lowest BCUT2D eigenvalue weighted by Gasteiger charge is -2.52. The van der Waals surface area contributed by atoms with E-state index in [4.69, 9.17) is 0 Å². The molecule has 1 amide bonds. The third-order valence-corrected chi connectivity index (χ3v) is 6.38. The number of piperidine rings is 1. The number of fused-ring (bicyclic) bond motifs is 1. The van der Waals surface area contributed by atoms with Gasteiger partial charge in [-0.2, -0.15) is 5.10 Å². The zero-order chi connectivity index (χ0) is 18.9. The van der Waals surface area contributed by atoms with Crippen molar-refractivity contribution in [2.75, 3.05) is 6.54 Å². The Morgan fingerprint density at radius 1 is 1.22 bits per heavy atom. The first-order valence-corrected chi connectivity index (χ1v) is 10.3. The lowest BCUT2D eigenvalue weighted by Crippen LogP contribution is -2.59. The molecule has 1 aromatic heterocycles. The van der Waals surface area contributed by atoms with Crippen LogP contribution >= 0.6 is 0 Å². The molecule has 1 aliphatic heterocycles. The van der Waals surface area contributed by atoms with Gasteiger partial charge in [0.1, 0.15) is 5.69 Å². The number of likely N-dealkylation sites (tertiary alicyclic amines) is 1. The molecule has 0 spiro atoms. The lowest BCUT2D eigenvalue weighted by atomic mass is 9.66. The van der Waals surface area contributed by atoms with Gasteiger partial charge in [-0.25, -0.2) is 0 Å². The van der Waals surface area contributed by atoms with E-state index in [0.29, 0.717) is 18.7 Å². The molecule has 1 saturated carbocycles. The molecule has 2 heterocycles. The Morgan fingerprint density at radius 2 is 2.00 bits per heavy atom. The quantitative estimate of drug-likeness (QED) is 0.898. The van der Waals surface area contributed by atoms with E-state index in [9.17, 15) is 9.90 Å². The van der Waals surface area contributed by atoms with Gasteiger partial charge in [-0.05, 0) is 37.3 Å². The van der Waals surface area contributed by atoms with Crippen molar-refractivity contribution in [3.63, 3.8) is 0 Å². The van der Waals surface area contributed by atoms with Crippen LogP contribution < -0.4 is 0 Å². The van der Waals surface area contributed by atoms with Crippen LogP contribution in [0, 0.1) is 5.92 Å². The fourth-order valence-electron chi connectivity index (χ4n) is 5.07. The molecule has 5 heteroatoms. The lowest BCUT2D eigenvalue weighted by molar-refractivity contribution is -0.110. The molecule has 2 aromatic rings. The Labute approximate surface area is 161 Å². The van der Waals surface area contributed by atoms with Crippen molar-refractivity contribution in [3.8, 4) is 0 Å². The average molecular weight is 367 g/mol. The number of rotatable bonds is 4. The predicted molar refractivity (Wildman–Crippen MR) is 104 cm³/mol. The number of aryl methyl sites for hydroxylation is 1. The monoisotopic (exact) mass is 367 g/mol. The van der Waals surface area contributed by atoms with E-state index in [1.54, 1.807) is 6.20 Å². The van der Waals surface area contributed by atoms with Crippen molar-refractivity contribution < 1.29 is 9.90 Å². The molecule has 1 aromatic carbocycles. The van der Waals surface area contributed by atoms with Crippen molar-refractivity contribution in [2.24, 2.45) is 5.92 Å². The van der Waals surface area contributed by atoms with E-state index >= 15 is 0 Å². The summed E-state index contributed by atoms with van der Waals surface area (Å²) < 4.78 is 1.82. The Morgan fingerprint density at radius 3 is 2.78 bits per heavy atom. The van der Waals surface area contributed by atoms with Crippen LogP contribution in [0.4, 0.5) is 0 Å². The average Bonchev–Trinajstić information content (AvgIpc) is 3.17. The summed E-state index contributed by atoms with van der Waals surface area (Å²) in [4.78, 5) is 15.4. The minimum Gasteiger partial charge on any atom is -0.385 e. The molecule has 0 bridgehead atoms. The van der Waals surface area contributed by atoms with Crippen LogP contribution in [0.25, 0.3) is 0 Å². The molecule has 1 N–H and O–H groups in total. The summed E-state index contributed by atoms with van der Waals surface area (Å²) in [5.41, 5.74) is 0.823. The Balaban J connectivity index is 1.64. The van der Waals surface area contributed by atoms with Gasteiger partial charge in [-0.15, -0.1) is 0 Å². The van der Waals surface area contributed by atoms with Crippen molar-refractivity contribution in [2.45, 2.75) is 63.6 Å². The van der Waals surface area contributed by atoms with Gasteiger partial charge in [0.05, 0.1) is 5.60 Å². The minimum absolute atomic E-state index is 0.0629. The van der Waals surface area contributed by atoms with Crippen molar-refractivity contribution in [3.05, 3.63) is 53.9 Å². The van der Waals surface area contributed by atoms with Gasteiger partial charge in [0.25, 0.3) is 5.91 Å². The van der Waals surface area contributed by atoms with Gasteiger partial charge in [0.15, 0.2) is 0 Å². The zero-order valence-corrected chi connectivity index (χ0v) is 16.1. The van der Waals surface area contributed by atoms with Gasteiger partial charge in [-0.3, -0.25) is 9.48 Å². The number of benzene rings is 1. The molecule has 3 atom stereocenters. The fraction of sp³-hybridized carbons (Fsp3) is 0.545. The van der Waals surface area contributed by atoms with Gasteiger partial charge in [0.2, 0.25) is 0 Å². The summed E-state index contributed by atoms with van der Waals surface area (Å²) in [6.07, 6.45) is 7.41. The molecular formula is C22H29N3O2. The number of amides is 1. The summed E-state index contributed by atoms with van der Waals surface area (Å²) >= 11 is 0. The highest BCUT2D eigenvalue weighted by atomic mass is 16.3. The van der Waals surface area contributed by atoms with Gasteiger partial charge in [0, 0.05) is 31.2 Å². The SMILES string of the molecule is CCCn1nccc1C(=O)N1CC[C@@](O)(c2ccccc2)[C@H]2CCCC[C@@H]21. The highest BCUT2D eigenvalue weighted by molar-refractivity contribution is 5.93. The largest absolute Gasteiger partial charge is 0.385 e. The van der Waals surface area contributed by atoms with Gasteiger partial charge >= 0.3 is 0 Å². The maximum absolute atomic E-state index is 13.3. The Kier molecular flexibility index (Phi) is 5.04. The second-order valence-electron chi connectivity index (χ2n) is 7.94. The topological polar surface area (TPSA) is 58.4 Å². The molecular weight excluding hydrogens is 338 g/mol. The second kappa shape index (κ2) is 7.47. The summed E-state index contributed by atoms with van der Waals surface area (Å²) in [6, 6.07) is 11.9. The first-order valence-electron chi connectivity index (χ1n) is 10.3. The summed E-state index contributed by atoms with van der Waals surface area (Å²) in [5, 5.41) is 16.0. The standard InChI is InChI=1S/C22H29N3O2/c1-2-15-25-20(12-14-23-25)21(26)24-16-13-22(27,17-8-4-3-5-9-17)18-10-6-7-11-19(18)24/h3-5,8-9,12,14,18-19,27H,2,6-7,10-11,13,15-16H2,1H3/t18-,19-,22+/m0/s1. The van der Waals surface area contributed by atoms with Crippen LogP contribution in [0.1, 0.15) is 61.5 Å². The molecule has 5 nitrogen and oxygen atoms in total. The number of hydrogen-bond donors (Lipinski definition) is 1. The van der Waals surface area contributed by atoms with Gasteiger partial charge < -0.3 is 10.0 Å². The number of aromatic nitrogens is 2. The van der Waals surface area contributed by atoms with Crippen LogP contribution in [0.2, 0.25) is 0 Å². The minimum atomic E-state index is -0.840. The highest BCUT2D eigenvalue weighted by Gasteiger charge is 2.50. The Hall–Kier alpha value is -2.14. The first-order chi connectivity index (χ1) is 13.1. The Bertz CT molecular complexity index is 788. The molecule has 27 heavy (non-hydrogen) atoms. The third kappa shape index (κ3) is 3.18. The van der Waals surface area contributed by atoms with Crippen LogP contribution in [-0.2, 0) is 12.1 Å². The van der Waals surface area contributed by atoms with Crippen LogP contribution in [0.5, 0.6) is 0 Å². The zero-order valence-electron chi connectivity index (χ0n) is 16.1. The highest BCUT2D eigenvalue weighted by Crippen LogP contribution is 2.47. The molecule has 1 aliphatic carbocycles. The van der Waals surface area contributed by atoms with E-state index < -0.39 is 5.60 Å². The number of nitrogens with zero attached hydrogens (tertiary/aromatic N) is 3. The molecule has 0 unspecified atom stereocenters. The van der Waals surface area contributed by atoms with Crippen molar-refractivity contribution >= 4 is 5.91 Å². The summed E-state index contributed by atoms with van der Waals surface area (Å²) in [5.74, 6) is 0.154. The van der Waals surface area contributed by atoms with E-state index in [1.165, 1.54) is 0 Å². The van der Waals surface area contributed by atoms with Crippen molar-refractivity contribution in [1.82, 2.24) is 14.7 Å². The number of hydrogen-bond acceptors (Lipinski definition) is 3. The number of aliphatic hydroxyl groups is 1. The maximum atomic E-state index is 13.3. The molecule has 4 rings (SSSR count). The van der Waals surface area contributed by atoms with E-state index in [-0.39, 0.29) is 17.9 Å². The van der Waals surface area contributed by atoms with Gasteiger partial charge in [-0.1, -0.05) is 50.1 Å². The smallest absolute Gasteiger partial charge is 0.272 e. The number of carbonyl (C=O) groups is 1. The van der Waals surface area contributed by atoms with E-state index in [0.717, 1.165) is 44.2 Å². The van der Waals surface area contributed by atoms with E-state index in [2.05, 4.69) is 12.0 Å². The molecule has 144 valence electrons. The molecule has 2 aliphatic rings. The molecule has 1 saturated heterocycles. The number of carbonyl (C=O) groups excluding carboxylic acids is 1. The van der Waals surface area contributed by atoms with Crippen LogP contribution in [-0.4, -0.2) is 38.3 Å². The molecule has 2 fully saturated rings. The fourth-order valence-corrected chi connectivity index (χ4v) is 5.07. The third-order valence-electron chi connectivity index (χ3n) is 6.38. The second-order valence-corrected chi connectivity index (χ2v) is 7.94. The van der Waals surface area contributed by atoms with E-state index in [1.807, 2.05) is 46.0 Å². The molecule has 0 radical (unpaired) electrons. The summed E-state index contributed by atoms with van der Waals surface area (Å²) in [7, 11) is 0.